The number of esters is 1. The van der Waals surface area contributed by atoms with Crippen molar-refractivity contribution < 1.29 is 9.53 Å². The molecule has 0 radical (unpaired) electrons. The largest absolute Gasteiger partial charge is 0.462 e. The van der Waals surface area contributed by atoms with Crippen LogP contribution >= 0.6 is 0 Å². The summed E-state index contributed by atoms with van der Waals surface area (Å²) in [5.41, 5.74) is 0. The number of ether oxygens (including phenoxy) is 1. The van der Waals surface area contributed by atoms with E-state index in [0.29, 0.717) is 12.3 Å². The molecule has 0 aliphatic carbocycles. The van der Waals surface area contributed by atoms with E-state index in [1.165, 1.54) is 96.3 Å². The zero-order chi connectivity index (χ0) is 20.9. The highest BCUT2D eigenvalue weighted by molar-refractivity contribution is 5.69. The second-order valence-electron chi connectivity index (χ2n) is 9.11. The maximum absolute atomic E-state index is 12.0. The van der Waals surface area contributed by atoms with E-state index < -0.39 is 0 Å². The van der Waals surface area contributed by atoms with Crippen molar-refractivity contribution in [2.24, 2.45) is 5.92 Å². The minimum absolute atomic E-state index is 0.0181. The Balaban J connectivity index is 3.37. The molecule has 1 unspecified atom stereocenters. The molecule has 0 rings (SSSR count). The summed E-state index contributed by atoms with van der Waals surface area (Å²) in [6.45, 7) is 8.78. The Labute approximate surface area is 177 Å². The van der Waals surface area contributed by atoms with Gasteiger partial charge in [-0.3, -0.25) is 4.79 Å². The van der Waals surface area contributed by atoms with Gasteiger partial charge in [0.25, 0.3) is 0 Å². The lowest BCUT2D eigenvalue weighted by Crippen LogP contribution is -2.23. The molecule has 2 nitrogen and oxygen atoms in total. The van der Waals surface area contributed by atoms with E-state index in [4.69, 9.17) is 4.74 Å². The zero-order valence-electron chi connectivity index (χ0n) is 19.9. The Hall–Kier alpha value is -0.530. The van der Waals surface area contributed by atoms with Crippen molar-refractivity contribution in [2.75, 3.05) is 0 Å². The first-order chi connectivity index (χ1) is 13.6. The highest BCUT2D eigenvalue weighted by Crippen LogP contribution is 2.17. The van der Waals surface area contributed by atoms with Crippen LogP contribution in [0.1, 0.15) is 150 Å². The normalized spacial score (nSPS) is 12.5. The van der Waals surface area contributed by atoms with Crippen molar-refractivity contribution >= 4 is 5.97 Å². The molecule has 0 aromatic heterocycles. The average Bonchev–Trinajstić information content (AvgIpc) is 2.67. The Bertz CT molecular complexity index is 324. The van der Waals surface area contributed by atoms with Crippen molar-refractivity contribution in [2.45, 2.75) is 156 Å². The van der Waals surface area contributed by atoms with Crippen LogP contribution in [0.2, 0.25) is 0 Å². The predicted molar refractivity (Wildman–Crippen MR) is 124 cm³/mol. The van der Waals surface area contributed by atoms with Crippen LogP contribution in [0.4, 0.5) is 0 Å². The van der Waals surface area contributed by atoms with Crippen molar-refractivity contribution in [1.82, 2.24) is 0 Å². The van der Waals surface area contributed by atoms with Crippen molar-refractivity contribution in [3.63, 3.8) is 0 Å². The first-order valence-corrected chi connectivity index (χ1v) is 12.8. The van der Waals surface area contributed by atoms with Gasteiger partial charge in [-0.15, -0.1) is 0 Å². The number of rotatable bonds is 21. The lowest BCUT2D eigenvalue weighted by Gasteiger charge is -2.21. The van der Waals surface area contributed by atoms with Gasteiger partial charge in [-0.2, -0.15) is 0 Å². The zero-order valence-corrected chi connectivity index (χ0v) is 19.9. The fraction of sp³-hybridized carbons (Fsp3) is 0.962. The average molecular weight is 397 g/mol. The van der Waals surface area contributed by atoms with Crippen molar-refractivity contribution in [1.29, 1.82) is 0 Å². The molecule has 0 aliphatic rings. The number of hydrogen-bond acceptors (Lipinski definition) is 2. The van der Waals surface area contributed by atoms with Gasteiger partial charge in [0.2, 0.25) is 0 Å². The van der Waals surface area contributed by atoms with Crippen LogP contribution in [0, 0.1) is 5.92 Å². The minimum Gasteiger partial charge on any atom is -0.462 e. The molecular formula is C26H52O2. The third kappa shape index (κ3) is 18.8. The van der Waals surface area contributed by atoms with Gasteiger partial charge in [-0.25, -0.2) is 0 Å². The number of unbranched alkanes of at least 4 members (excludes halogenated alkanes) is 15. The fourth-order valence-corrected chi connectivity index (χ4v) is 3.80. The molecule has 0 bridgehead atoms. The van der Waals surface area contributed by atoms with E-state index >= 15 is 0 Å². The van der Waals surface area contributed by atoms with Crippen LogP contribution in [-0.4, -0.2) is 12.1 Å². The fourth-order valence-electron chi connectivity index (χ4n) is 3.80. The number of hydrogen-bond donors (Lipinski definition) is 0. The van der Waals surface area contributed by atoms with Gasteiger partial charge in [-0.05, 0) is 18.8 Å². The summed E-state index contributed by atoms with van der Waals surface area (Å²) in [7, 11) is 0. The second kappa shape index (κ2) is 21.2. The number of carbonyl (C=O) groups excluding carboxylic acids is 1. The van der Waals surface area contributed by atoms with Gasteiger partial charge in [0.05, 0.1) is 0 Å². The van der Waals surface area contributed by atoms with E-state index in [2.05, 4.69) is 27.7 Å². The second-order valence-corrected chi connectivity index (χ2v) is 9.11. The molecule has 0 aromatic rings. The summed E-state index contributed by atoms with van der Waals surface area (Å²) >= 11 is 0. The molecule has 0 aromatic carbocycles. The van der Waals surface area contributed by atoms with E-state index in [-0.39, 0.29) is 12.1 Å². The highest BCUT2D eigenvalue weighted by Gasteiger charge is 2.17. The van der Waals surface area contributed by atoms with Gasteiger partial charge < -0.3 is 4.74 Å². The molecule has 2 heteroatoms. The van der Waals surface area contributed by atoms with Gasteiger partial charge in [0.1, 0.15) is 6.10 Å². The summed E-state index contributed by atoms with van der Waals surface area (Å²) in [4.78, 5) is 12.0. The first kappa shape index (κ1) is 27.5. The lowest BCUT2D eigenvalue weighted by atomic mass is 10.0. The molecule has 0 amide bonds. The van der Waals surface area contributed by atoms with Crippen molar-refractivity contribution in [3.8, 4) is 0 Å². The number of carbonyl (C=O) groups is 1. The first-order valence-electron chi connectivity index (χ1n) is 12.8. The molecular weight excluding hydrogens is 344 g/mol. The maximum Gasteiger partial charge on any atom is 0.306 e. The topological polar surface area (TPSA) is 26.3 Å². The predicted octanol–water partition coefficient (Wildman–Crippen LogP) is 9.01. The summed E-state index contributed by atoms with van der Waals surface area (Å²) < 4.78 is 5.69. The van der Waals surface area contributed by atoms with Crippen LogP contribution in [0.25, 0.3) is 0 Å². The quantitative estimate of drug-likeness (QED) is 0.143. The molecule has 0 fully saturated rings. The lowest BCUT2D eigenvalue weighted by molar-refractivity contribution is -0.151. The molecule has 1 atom stereocenters. The van der Waals surface area contributed by atoms with Gasteiger partial charge in [0.15, 0.2) is 0 Å². The molecule has 0 heterocycles. The van der Waals surface area contributed by atoms with Gasteiger partial charge >= 0.3 is 5.97 Å². The molecule has 28 heavy (non-hydrogen) atoms. The van der Waals surface area contributed by atoms with E-state index in [9.17, 15) is 4.79 Å². The SMILES string of the molecule is CCCCCCCCCCCCCCCCCC(=O)OC(CCCC)C(C)C. The van der Waals surface area contributed by atoms with E-state index in [1.807, 2.05) is 0 Å². The Morgan fingerprint density at radius 3 is 1.39 bits per heavy atom. The van der Waals surface area contributed by atoms with Crippen LogP contribution < -0.4 is 0 Å². The van der Waals surface area contributed by atoms with E-state index in [0.717, 1.165) is 19.3 Å². The van der Waals surface area contributed by atoms with Gasteiger partial charge in [-0.1, -0.05) is 130 Å². The monoisotopic (exact) mass is 396 g/mol. The maximum atomic E-state index is 12.0. The summed E-state index contributed by atoms with van der Waals surface area (Å²) in [6.07, 6.45) is 24.4. The molecule has 0 spiro atoms. The third-order valence-electron chi connectivity index (χ3n) is 5.85. The highest BCUT2D eigenvalue weighted by atomic mass is 16.5. The minimum atomic E-state index is 0.0181. The molecule has 0 N–H and O–H groups in total. The Morgan fingerprint density at radius 1 is 0.607 bits per heavy atom. The Kier molecular flexibility index (Phi) is 20.8. The summed E-state index contributed by atoms with van der Waals surface area (Å²) in [6, 6.07) is 0. The van der Waals surface area contributed by atoms with Crippen LogP contribution in [0.5, 0.6) is 0 Å². The molecule has 168 valence electrons. The third-order valence-corrected chi connectivity index (χ3v) is 5.85. The Morgan fingerprint density at radius 2 is 1.00 bits per heavy atom. The van der Waals surface area contributed by atoms with Crippen LogP contribution in [0.15, 0.2) is 0 Å². The smallest absolute Gasteiger partial charge is 0.306 e. The molecule has 0 saturated heterocycles. The standard InChI is InChI=1S/C26H52O2/c1-5-7-9-10-11-12-13-14-15-16-17-18-19-20-21-23-26(27)28-25(24(3)4)22-8-6-2/h24-25H,5-23H2,1-4H3. The van der Waals surface area contributed by atoms with Gasteiger partial charge in [0, 0.05) is 6.42 Å². The summed E-state index contributed by atoms with van der Waals surface area (Å²) in [5, 5.41) is 0. The van der Waals surface area contributed by atoms with Crippen LogP contribution in [0.3, 0.4) is 0 Å². The van der Waals surface area contributed by atoms with Crippen LogP contribution in [-0.2, 0) is 9.53 Å². The molecule has 0 saturated carbocycles. The molecule has 0 aliphatic heterocycles. The van der Waals surface area contributed by atoms with E-state index in [1.54, 1.807) is 0 Å². The summed E-state index contributed by atoms with van der Waals surface area (Å²) in [5.74, 6) is 0.445. The van der Waals surface area contributed by atoms with Crippen molar-refractivity contribution in [3.05, 3.63) is 0 Å².